The van der Waals surface area contributed by atoms with Crippen LogP contribution in [0.4, 0.5) is 5.69 Å². The molecule has 30 heavy (non-hydrogen) atoms. The lowest BCUT2D eigenvalue weighted by atomic mass is 10.2. The summed E-state index contributed by atoms with van der Waals surface area (Å²) in [6.07, 6.45) is 1.54. The van der Waals surface area contributed by atoms with Crippen LogP contribution >= 0.6 is 0 Å². The Labute approximate surface area is 176 Å². The summed E-state index contributed by atoms with van der Waals surface area (Å²) in [6, 6.07) is 24.5. The number of nitrogens with zero attached hydrogens (tertiary/aromatic N) is 1. The van der Waals surface area contributed by atoms with Gasteiger partial charge in [-0.1, -0.05) is 35.5 Å². The maximum atomic E-state index is 12.0. The van der Waals surface area contributed by atoms with Crippen LogP contribution in [0, 0.1) is 0 Å². The van der Waals surface area contributed by atoms with E-state index in [1.165, 1.54) is 0 Å². The summed E-state index contributed by atoms with van der Waals surface area (Å²) in [5.41, 5.74) is 2.61. The molecule has 6 nitrogen and oxygen atoms in total. The average Bonchev–Trinajstić information content (AvgIpc) is 2.78. The number of hydrogen-bond donors (Lipinski definition) is 1. The lowest BCUT2D eigenvalue weighted by Crippen LogP contribution is -2.16. The minimum atomic E-state index is -0.295. The van der Waals surface area contributed by atoms with E-state index >= 15 is 0 Å². The van der Waals surface area contributed by atoms with Gasteiger partial charge >= 0.3 is 0 Å². The molecule has 0 heterocycles. The zero-order valence-corrected chi connectivity index (χ0v) is 16.8. The lowest BCUT2D eigenvalue weighted by Gasteiger charge is -2.08. The van der Waals surface area contributed by atoms with Gasteiger partial charge in [-0.25, -0.2) is 0 Å². The summed E-state index contributed by atoms with van der Waals surface area (Å²) in [6.45, 7) is 2.87. The minimum Gasteiger partial charge on any atom is -0.494 e. The Morgan fingerprint density at radius 2 is 1.57 bits per heavy atom. The number of nitrogens with one attached hydrogen (secondary N) is 1. The first-order valence-corrected chi connectivity index (χ1v) is 9.68. The first-order chi connectivity index (χ1) is 14.7. The molecule has 0 aliphatic carbocycles. The average molecular weight is 404 g/mol. The predicted molar refractivity (Wildman–Crippen MR) is 117 cm³/mol. The highest BCUT2D eigenvalue weighted by Crippen LogP contribution is 2.17. The zero-order valence-electron chi connectivity index (χ0n) is 16.8. The van der Waals surface area contributed by atoms with E-state index in [0.717, 1.165) is 22.6 Å². The van der Waals surface area contributed by atoms with Gasteiger partial charge in [0.15, 0.2) is 6.61 Å². The number of hydrogen-bond acceptors (Lipinski definition) is 5. The number of benzene rings is 3. The molecule has 3 aromatic carbocycles. The number of carbonyl (C=O) groups is 1. The van der Waals surface area contributed by atoms with Gasteiger partial charge in [-0.3, -0.25) is 4.79 Å². The molecule has 3 aromatic rings. The molecular formula is C24H24N2O4. The van der Waals surface area contributed by atoms with Gasteiger partial charge in [-0.05, 0) is 66.6 Å². The van der Waals surface area contributed by atoms with Gasteiger partial charge in [0.05, 0.1) is 12.8 Å². The van der Waals surface area contributed by atoms with Gasteiger partial charge in [0.2, 0.25) is 0 Å². The van der Waals surface area contributed by atoms with Crippen LogP contribution in [-0.4, -0.2) is 25.3 Å². The smallest absolute Gasteiger partial charge is 0.265 e. The molecule has 0 unspecified atom stereocenters. The Kier molecular flexibility index (Phi) is 7.85. The number of rotatable bonds is 10. The largest absolute Gasteiger partial charge is 0.494 e. The Morgan fingerprint density at radius 3 is 2.27 bits per heavy atom. The Balaban J connectivity index is 1.39. The fourth-order valence-corrected chi connectivity index (χ4v) is 2.58. The van der Waals surface area contributed by atoms with E-state index in [4.69, 9.17) is 14.3 Å². The van der Waals surface area contributed by atoms with Gasteiger partial charge < -0.3 is 19.6 Å². The molecule has 1 N–H and O–H groups in total. The van der Waals surface area contributed by atoms with Gasteiger partial charge in [-0.15, -0.1) is 0 Å². The van der Waals surface area contributed by atoms with E-state index < -0.39 is 0 Å². The molecule has 0 aliphatic rings. The molecule has 0 bridgehead atoms. The van der Waals surface area contributed by atoms with Crippen molar-refractivity contribution < 1.29 is 19.1 Å². The molecule has 3 rings (SSSR count). The normalized spacial score (nSPS) is 10.6. The van der Waals surface area contributed by atoms with Crippen LogP contribution < -0.4 is 14.8 Å². The van der Waals surface area contributed by atoms with Crippen molar-refractivity contribution in [1.82, 2.24) is 0 Å². The Hall–Kier alpha value is -3.80. The maximum absolute atomic E-state index is 12.0. The Morgan fingerprint density at radius 1 is 0.900 bits per heavy atom. The van der Waals surface area contributed by atoms with Crippen molar-refractivity contribution in [3.05, 3.63) is 90.0 Å². The number of amides is 1. The molecule has 0 atom stereocenters. The van der Waals surface area contributed by atoms with E-state index in [1.807, 2.05) is 73.7 Å². The summed E-state index contributed by atoms with van der Waals surface area (Å²) in [5.74, 6) is 1.23. The summed E-state index contributed by atoms with van der Waals surface area (Å²) in [7, 11) is 0. The topological polar surface area (TPSA) is 69.2 Å². The predicted octanol–water partition coefficient (Wildman–Crippen LogP) is 4.65. The number of carbonyl (C=O) groups excluding carboxylic acids is 1. The van der Waals surface area contributed by atoms with Crippen LogP contribution in [0.15, 0.2) is 84.0 Å². The molecule has 0 saturated heterocycles. The second-order valence-electron chi connectivity index (χ2n) is 6.36. The molecule has 0 saturated carbocycles. The maximum Gasteiger partial charge on any atom is 0.265 e. The van der Waals surface area contributed by atoms with Crippen molar-refractivity contribution in [1.29, 1.82) is 0 Å². The highest BCUT2D eigenvalue weighted by molar-refractivity contribution is 5.91. The first-order valence-electron chi connectivity index (χ1n) is 9.68. The van der Waals surface area contributed by atoms with Gasteiger partial charge in [0.25, 0.3) is 5.91 Å². The number of anilines is 1. The molecule has 0 radical (unpaired) electrons. The van der Waals surface area contributed by atoms with E-state index in [9.17, 15) is 4.79 Å². The minimum absolute atomic E-state index is 0.181. The van der Waals surface area contributed by atoms with E-state index in [0.29, 0.717) is 18.9 Å². The molecule has 6 heteroatoms. The summed E-state index contributed by atoms with van der Waals surface area (Å²) < 4.78 is 11.1. The van der Waals surface area contributed by atoms with Crippen molar-refractivity contribution in [2.75, 3.05) is 18.5 Å². The fourth-order valence-electron chi connectivity index (χ4n) is 2.58. The monoisotopic (exact) mass is 404 g/mol. The van der Waals surface area contributed by atoms with Crippen LogP contribution in [-0.2, 0) is 16.2 Å². The van der Waals surface area contributed by atoms with Crippen molar-refractivity contribution in [3.8, 4) is 11.5 Å². The summed E-state index contributed by atoms with van der Waals surface area (Å²) in [4.78, 5) is 17.0. The molecule has 0 aliphatic heterocycles. The fraction of sp³-hybridized carbons (Fsp3) is 0.167. The van der Waals surface area contributed by atoms with Crippen LogP contribution in [0.3, 0.4) is 0 Å². The second kappa shape index (κ2) is 11.3. The van der Waals surface area contributed by atoms with Gasteiger partial charge in [0, 0.05) is 5.69 Å². The highest BCUT2D eigenvalue weighted by atomic mass is 16.6. The SMILES string of the molecule is CCOc1ccc(/C=N/OCC(=O)Nc2ccc(OCc3ccccc3)cc2)cc1. The quantitative estimate of drug-likeness (QED) is 0.394. The first kappa shape index (κ1) is 20.9. The third-order valence-electron chi connectivity index (χ3n) is 4.05. The zero-order chi connectivity index (χ0) is 21.0. The second-order valence-corrected chi connectivity index (χ2v) is 6.36. The van der Waals surface area contributed by atoms with Gasteiger partial charge in [0.1, 0.15) is 18.1 Å². The number of oxime groups is 1. The van der Waals surface area contributed by atoms with E-state index in [-0.39, 0.29) is 12.5 Å². The Bertz CT molecular complexity index is 939. The summed E-state index contributed by atoms with van der Waals surface area (Å²) in [5, 5.41) is 6.57. The number of ether oxygens (including phenoxy) is 2. The lowest BCUT2D eigenvalue weighted by molar-refractivity contribution is -0.120. The molecule has 0 aromatic heterocycles. The van der Waals surface area contributed by atoms with E-state index in [1.54, 1.807) is 18.3 Å². The molecule has 0 fully saturated rings. The van der Waals surface area contributed by atoms with Crippen molar-refractivity contribution >= 4 is 17.8 Å². The van der Waals surface area contributed by atoms with Crippen molar-refractivity contribution in [2.24, 2.45) is 5.16 Å². The third-order valence-corrected chi connectivity index (χ3v) is 4.05. The molecule has 1 amide bonds. The van der Waals surface area contributed by atoms with Crippen molar-refractivity contribution in [3.63, 3.8) is 0 Å². The molecular weight excluding hydrogens is 380 g/mol. The molecule has 154 valence electrons. The van der Waals surface area contributed by atoms with Crippen LogP contribution in [0.5, 0.6) is 11.5 Å². The van der Waals surface area contributed by atoms with Crippen LogP contribution in [0.25, 0.3) is 0 Å². The van der Waals surface area contributed by atoms with Crippen molar-refractivity contribution in [2.45, 2.75) is 13.5 Å². The van der Waals surface area contributed by atoms with Crippen LogP contribution in [0.2, 0.25) is 0 Å². The highest BCUT2D eigenvalue weighted by Gasteiger charge is 2.03. The van der Waals surface area contributed by atoms with Gasteiger partial charge in [-0.2, -0.15) is 0 Å². The van der Waals surface area contributed by atoms with E-state index in [2.05, 4.69) is 10.5 Å². The third kappa shape index (κ3) is 6.98. The van der Waals surface area contributed by atoms with Crippen LogP contribution in [0.1, 0.15) is 18.1 Å². The molecule has 0 spiro atoms. The summed E-state index contributed by atoms with van der Waals surface area (Å²) >= 11 is 0. The standard InChI is InChI=1S/C24H24N2O4/c1-2-28-22-12-8-19(9-13-22)16-25-30-18-24(27)26-21-10-14-23(15-11-21)29-17-20-6-4-3-5-7-20/h3-16H,2,17-18H2,1H3,(H,26,27)/b25-16+.